The Morgan fingerprint density at radius 1 is 0.905 bits per heavy atom. The first kappa shape index (κ1) is 13.6. The lowest BCUT2D eigenvalue weighted by molar-refractivity contribution is 0.309. The minimum absolute atomic E-state index is 0.546. The Labute approximate surface area is 124 Å². The molecule has 3 rings (SSSR count). The summed E-state index contributed by atoms with van der Waals surface area (Å²) in [5.41, 5.74) is 9.04. The van der Waals surface area contributed by atoms with Crippen LogP contribution >= 0.6 is 0 Å². The molecular weight excluding hydrogens is 260 g/mol. The molecule has 2 N–H and O–H groups in total. The number of hydrogen-bond acceptors (Lipinski definition) is 3. The number of nitrogens with zero attached hydrogens (tertiary/aromatic N) is 1. The summed E-state index contributed by atoms with van der Waals surface area (Å²) in [5, 5.41) is 1.04. The third-order valence-electron chi connectivity index (χ3n) is 3.52. The van der Waals surface area contributed by atoms with Crippen LogP contribution in [0.25, 0.3) is 10.9 Å². The van der Waals surface area contributed by atoms with E-state index in [1.165, 1.54) is 11.1 Å². The van der Waals surface area contributed by atoms with Crippen molar-refractivity contribution in [3.05, 3.63) is 71.9 Å². The molecule has 0 radical (unpaired) electrons. The Balaban J connectivity index is 1.84. The summed E-state index contributed by atoms with van der Waals surface area (Å²) in [6.07, 6.45) is 2.67. The Morgan fingerprint density at radius 3 is 2.62 bits per heavy atom. The number of rotatable bonds is 5. The van der Waals surface area contributed by atoms with Crippen LogP contribution in [0, 0.1) is 0 Å². The number of benzene rings is 2. The molecule has 3 heteroatoms. The topological polar surface area (TPSA) is 48.1 Å². The second kappa shape index (κ2) is 6.37. The molecular formula is C18H18N2O. The fourth-order valence-corrected chi connectivity index (χ4v) is 2.45. The Kier molecular flexibility index (Phi) is 4.12. The van der Waals surface area contributed by atoms with Gasteiger partial charge in [-0.25, -0.2) is 0 Å². The summed E-state index contributed by atoms with van der Waals surface area (Å²) < 4.78 is 6.01. The van der Waals surface area contributed by atoms with Gasteiger partial charge in [0.05, 0.1) is 5.52 Å². The van der Waals surface area contributed by atoms with E-state index < -0.39 is 0 Å². The van der Waals surface area contributed by atoms with E-state index in [0.29, 0.717) is 13.2 Å². The van der Waals surface area contributed by atoms with Gasteiger partial charge in [0.1, 0.15) is 12.4 Å². The molecule has 106 valence electrons. The van der Waals surface area contributed by atoms with Crippen molar-refractivity contribution in [2.75, 3.05) is 6.54 Å². The van der Waals surface area contributed by atoms with Crippen molar-refractivity contribution in [3.63, 3.8) is 0 Å². The number of ether oxygens (including phenoxy) is 1. The minimum Gasteiger partial charge on any atom is -0.488 e. The van der Waals surface area contributed by atoms with Gasteiger partial charge in [-0.15, -0.1) is 0 Å². The van der Waals surface area contributed by atoms with E-state index >= 15 is 0 Å². The molecule has 1 heterocycles. The molecule has 0 unspecified atom stereocenters. The molecule has 0 bridgehead atoms. The van der Waals surface area contributed by atoms with Gasteiger partial charge < -0.3 is 10.5 Å². The fourth-order valence-electron chi connectivity index (χ4n) is 2.45. The van der Waals surface area contributed by atoms with Gasteiger partial charge in [-0.3, -0.25) is 4.98 Å². The molecule has 0 aliphatic heterocycles. The molecule has 2 aromatic carbocycles. The first-order chi connectivity index (χ1) is 10.4. The van der Waals surface area contributed by atoms with Crippen LogP contribution in [0.1, 0.15) is 11.1 Å². The van der Waals surface area contributed by atoms with Crippen LogP contribution in [0.3, 0.4) is 0 Å². The van der Waals surface area contributed by atoms with Crippen molar-refractivity contribution in [2.45, 2.75) is 13.0 Å². The third kappa shape index (κ3) is 3.03. The van der Waals surface area contributed by atoms with E-state index in [0.717, 1.165) is 23.1 Å². The highest BCUT2D eigenvalue weighted by Crippen LogP contribution is 2.25. The normalized spacial score (nSPS) is 10.7. The molecule has 0 fully saturated rings. The zero-order valence-electron chi connectivity index (χ0n) is 11.8. The van der Waals surface area contributed by atoms with Crippen LogP contribution in [-0.4, -0.2) is 11.5 Å². The number of hydrogen-bond donors (Lipinski definition) is 1. The molecule has 3 aromatic rings. The zero-order valence-corrected chi connectivity index (χ0v) is 11.8. The van der Waals surface area contributed by atoms with Crippen molar-refractivity contribution in [3.8, 4) is 5.75 Å². The van der Waals surface area contributed by atoms with Crippen LogP contribution in [0.2, 0.25) is 0 Å². The van der Waals surface area contributed by atoms with E-state index in [2.05, 4.69) is 17.1 Å². The van der Waals surface area contributed by atoms with Crippen molar-refractivity contribution >= 4 is 10.9 Å². The number of pyridine rings is 1. The molecule has 0 aliphatic carbocycles. The lowest BCUT2D eigenvalue weighted by Gasteiger charge is -2.12. The molecule has 0 aliphatic rings. The van der Waals surface area contributed by atoms with Gasteiger partial charge in [0.2, 0.25) is 0 Å². The largest absolute Gasteiger partial charge is 0.488 e. The van der Waals surface area contributed by atoms with Crippen molar-refractivity contribution in [1.29, 1.82) is 0 Å². The molecule has 0 atom stereocenters. The Hall–Kier alpha value is -2.39. The molecule has 21 heavy (non-hydrogen) atoms. The number of nitrogens with two attached hydrogens (primary N) is 1. The van der Waals surface area contributed by atoms with E-state index in [9.17, 15) is 0 Å². The maximum Gasteiger partial charge on any atom is 0.129 e. The second-order valence-corrected chi connectivity index (χ2v) is 4.92. The molecule has 1 aromatic heterocycles. The summed E-state index contributed by atoms with van der Waals surface area (Å²) in [6.45, 7) is 1.19. The maximum absolute atomic E-state index is 6.01. The molecule has 0 spiro atoms. The molecule has 0 amide bonds. The highest BCUT2D eigenvalue weighted by Gasteiger charge is 2.05. The summed E-state index contributed by atoms with van der Waals surface area (Å²) in [4.78, 5) is 4.35. The summed E-state index contributed by atoms with van der Waals surface area (Å²) >= 11 is 0. The van der Waals surface area contributed by atoms with Gasteiger partial charge >= 0.3 is 0 Å². The van der Waals surface area contributed by atoms with E-state index in [-0.39, 0.29) is 0 Å². The van der Waals surface area contributed by atoms with Crippen molar-refractivity contribution in [2.24, 2.45) is 5.73 Å². The number of fused-ring (bicyclic) bond motifs is 1. The third-order valence-corrected chi connectivity index (χ3v) is 3.52. The molecule has 0 saturated carbocycles. The average Bonchev–Trinajstić information content (AvgIpc) is 2.54. The van der Waals surface area contributed by atoms with Gasteiger partial charge in [0, 0.05) is 11.6 Å². The first-order valence-corrected chi connectivity index (χ1v) is 7.12. The van der Waals surface area contributed by atoms with Crippen LogP contribution in [-0.2, 0) is 13.0 Å². The highest BCUT2D eigenvalue weighted by atomic mass is 16.5. The molecule has 0 saturated heterocycles. The predicted octanol–water partition coefficient (Wildman–Crippen LogP) is 3.32. The monoisotopic (exact) mass is 278 g/mol. The maximum atomic E-state index is 6.01. The lowest BCUT2D eigenvalue weighted by Crippen LogP contribution is -2.07. The highest BCUT2D eigenvalue weighted by molar-refractivity contribution is 5.84. The number of aromatic nitrogens is 1. The zero-order chi connectivity index (χ0) is 14.5. The van der Waals surface area contributed by atoms with Crippen molar-refractivity contribution in [1.82, 2.24) is 4.98 Å². The fraction of sp³-hybridized carbons (Fsp3) is 0.167. The van der Waals surface area contributed by atoms with Gasteiger partial charge in [-0.2, -0.15) is 0 Å². The first-order valence-electron chi connectivity index (χ1n) is 7.12. The van der Waals surface area contributed by atoms with Crippen LogP contribution in [0.4, 0.5) is 0 Å². The smallest absolute Gasteiger partial charge is 0.129 e. The van der Waals surface area contributed by atoms with Crippen molar-refractivity contribution < 1.29 is 4.74 Å². The predicted molar refractivity (Wildman–Crippen MR) is 85.3 cm³/mol. The van der Waals surface area contributed by atoms with Crippen LogP contribution in [0.5, 0.6) is 5.75 Å². The SMILES string of the molecule is NCCc1ccccc1COc1cccc2ncccc12. The second-order valence-electron chi connectivity index (χ2n) is 4.92. The summed E-state index contributed by atoms with van der Waals surface area (Å²) in [7, 11) is 0. The minimum atomic E-state index is 0.546. The van der Waals surface area contributed by atoms with Gasteiger partial charge in [0.15, 0.2) is 0 Å². The van der Waals surface area contributed by atoms with E-state index in [1.54, 1.807) is 6.20 Å². The van der Waals surface area contributed by atoms with Crippen LogP contribution in [0.15, 0.2) is 60.8 Å². The Bertz CT molecular complexity index is 735. The summed E-state index contributed by atoms with van der Waals surface area (Å²) in [5.74, 6) is 0.864. The standard InChI is InChI=1S/C18H18N2O/c19-11-10-14-5-1-2-6-15(14)13-21-18-9-3-8-17-16(18)7-4-12-20-17/h1-9,12H,10-11,13,19H2. The van der Waals surface area contributed by atoms with E-state index in [1.807, 2.05) is 42.5 Å². The summed E-state index contributed by atoms with van der Waals surface area (Å²) in [6, 6.07) is 18.2. The van der Waals surface area contributed by atoms with Gasteiger partial charge in [-0.05, 0) is 48.4 Å². The van der Waals surface area contributed by atoms with E-state index in [4.69, 9.17) is 10.5 Å². The molecule has 3 nitrogen and oxygen atoms in total. The lowest BCUT2D eigenvalue weighted by atomic mass is 10.1. The van der Waals surface area contributed by atoms with Gasteiger partial charge in [0.25, 0.3) is 0 Å². The Morgan fingerprint density at radius 2 is 1.76 bits per heavy atom. The van der Waals surface area contributed by atoms with Crippen LogP contribution < -0.4 is 10.5 Å². The van der Waals surface area contributed by atoms with Gasteiger partial charge in [-0.1, -0.05) is 30.3 Å². The quantitative estimate of drug-likeness (QED) is 0.779. The average molecular weight is 278 g/mol.